The van der Waals surface area contributed by atoms with E-state index in [1.165, 1.54) is 54.9 Å². The Morgan fingerprint density at radius 2 is 1.77 bits per heavy atom. The zero-order valence-electron chi connectivity index (χ0n) is 17.1. The first-order valence-corrected chi connectivity index (χ1v) is 11.1. The molecular formula is C23H21FN2O4S. The first kappa shape index (κ1) is 20.9. The van der Waals surface area contributed by atoms with E-state index in [4.69, 9.17) is 4.74 Å². The highest BCUT2D eigenvalue weighted by Crippen LogP contribution is 2.34. The molecule has 31 heavy (non-hydrogen) atoms. The van der Waals surface area contributed by atoms with Gasteiger partial charge in [0, 0.05) is 13.6 Å². The fraction of sp³-hybridized carbons (Fsp3) is 0.174. The number of para-hydroxylation sites is 2. The fourth-order valence-electron chi connectivity index (χ4n) is 3.71. The van der Waals surface area contributed by atoms with E-state index >= 15 is 0 Å². The number of nitrogens with zero attached hydrogens (tertiary/aromatic N) is 2. The summed E-state index contributed by atoms with van der Waals surface area (Å²) in [5, 5.41) is 0. The van der Waals surface area contributed by atoms with Gasteiger partial charge in [0.05, 0.1) is 28.9 Å². The Bertz CT molecular complexity index is 1260. The van der Waals surface area contributed by atoms with Crippen LogP contribution >= 0.6 is 0 Å². The van der Waals surface area contributed by atoms with Crippen molar-refractivity contribution in [2.45, 2.75) is 11.3 Å². The summed E-state index contributed by atoms with van der Waals surface area (Å²) in [6.45, 7) is 0.326. The van der Waals surface area contributed by atoms with Gasteiger partial charge >= 0.3 is 0 Å². The zero-order valence-corrected chi connectivity index (χ0v) is 17.9. The minimum atomic E-state index is -3.90. The van der Waals surface area contributed by atoms with Crippen molar-refractivity contribution in [3.05, 3.63) is 83.7 Å². The number of halogens is 1. The molecule has 3 aromatic rings. The minimum absolute atomic E-state index is 0.0295. The molecule has 0 spiro atoms. The monoisotopic (exact) mass is 440 g/mol. The molecule has 1 aliphatic rings. The van der Waals surface area contributed by atoms with Crippen molar-refractivity contribution >= 4 is 27.3 Å². The zero-order chi connectivity index (χ0) is 22.2. The molecule has 0 N–H and O–H groups in total. The Balaban J connectivity index is 1.75. The molecule has 160 valence electrons. The number of methoxy groups -OCH3 is 1. The van der Waals surface area contributed by atoms with Gasteiger partial charge in [-0.2, -0.15) is 0 Å². The fourth-order valence-corrected chi connectivity index (χ4v) is 5.24. The SMILES string of the molecule is COc1ccc(S(=O)(=O)N2CCc3ccccc32)cc1C(=O)N(C)c1ccccc1F. The average Bonchev–Trinajstić information content (AvgIpc) is 3.23. The largest absolute Gasteiger partial charge is 0.496 e. The van der Waals surface area contributed by atoms with Gasteiger partial charge in [0.25, 0.3) is 15.9 Å². The van der Waals surface area contributed by atoms with Gasteiger partial charge in [0.15, 0.2) is 0 Å². The molecule has 0 fully saturated rings. The number of hydrogen-bond donors (Lipinski definition) is 0. The number of carbonyl (C=O) groups is 1. The second-order valence-electron chi connectivity index (χ2n) is 7.13. The molecule has 1 heterocycles. The Kier molecular flexibility index (Phi) is 5.41. The molecule has 6 nitrogen and oxygen atoms in total. The molecule has 8 heteroatoms. The maximum Gasteiger partial charge on any atom is 0.264 e. The summed E-state index contributed by atoms with van der Waals surface area (Å²) < 4.78 is 47.5. The molecule has 0 aromatic heterocycles. The molecule has 0 unspecified atom stereocenters. The van der Waals surface area contributed by atoms with Crippen LogP contribution in [-0.2, 0) is 16.4 Å². The second kappa shape index (κ2) is 8.03. The Labute approximate surface area is 180 Å². The van der Waals surface area contributed by atoms with E-state index < -0.39 is 21.7 Å². The van der Waals surface area contributed by atoms with Gasteiger partial charge in [0.1, 0.15) is 11.6 Å². The first-order chi connectivity index (χ1) is 14.8. The lowest BCUT2D eigenvalue weighted by atomic mass is 10.1. The van der Waals surface area contributed by atoms with Gasteiger partial charge in [-0.15, -0.1) is 0 Å². The highest BCUT2D eigenvalue weighted by Gasteiger charge is 2.32. The summed E-state index contributed by atoms with van der Waals surface area (Å²) in [5.74, 6) is -0.940. The molecule has 0 atom stereocenters. The van der Waals surface area contributed by atoms with Crippen LogP contribution in [-0.4, -0.2) is 35.0 Å². The molecule has 1 aliphatic heterocycles. The summed E-state index contributed by atoms with van der Waals surface area (Å²) in [6.07, 6.45) is 0.618. The van der Waals surface area contributed by atoms with Crippen molar-refractivity contribution in [2.24, 2.45) is 0 Å². The van der Waals surface area contributed by atoms with Crippen molar-refractivity contribution in [3.63, 3.8) is 0 Å². The molecule has 0 radical (unpaired) electrons. The third kappa shape index (κ3) is 3.63. The van der Waals surface area contributed by atoms with Crippen LogP contribution in [0.4, 0.5) is 15.8 Å². The molecule has 0 saturated heterocycles. The predicted octanol–water partition coefficient (Wildman–Crippen LogP) is 3.86. The number of rotatable bonds is 5. The number of hydrogen-bond acceptors (Lipinski definition) is 4. The van der Waals surface area contributed by atoms with Crippen molar-refractivity contribution in [3.8, 4) is 5.75 Å². The minimum Gasteiger partial charge on any atom is -0.496 e. The van der Waals surface area contributed by atoms with Gasteiger partial charge in [-0.1, -0.05) is 30.3 Å². The Morgan fingerprint density at radius 1 is 1.06 bits per heavy atom. The van der Waals surface area contributed by atoms with E-state index in [1.807, 2.05) is 12.1 Å². The van der Waals surface area contributed by atoms with Gasteiger partial charge < -0.3 is 9.64 Å². The van der Waals surface area contributed by atoms with E-state index in [1.54, 1.807) is 18.2 Å². The molecule has 0 saturated carbocycles. The Hall–Kier alpha value is -3.39. The quantitative estimate of drug-likeness (QED) is 0.604. The van der Waals surface area contributed by atoms with Crippen molar-refractivity contribution in [1.29, 1.82) is 0 Å². The number of carbonyl (C=O) groups excluding carboxylic acids is 1. The number of anilines is 2. The molecular weight excluding hydrogens is 419 g/mol. The second-order valence-corrected chi connectivity index (χ2v) is 9.00. The van der Waals surface area contributed by atoms with Crippen molar-refractivity contribution in [2.75, 3.05) is 29.9 Å². The van der Waals surface area contributed by atoms with Crippen LogP contribution in [0.25, 0.3) is 0 Å². The Morgan fingerprint density at radius 3 is 2.52 bits per heavy atom. The highest BCUT2D eigenvalue weighted by atomic mass is 32.2. The third-order valence-corrected chi connectivity index (χ3v) is 7.16. The third-order valence-electron chi connectivity index (χ3n) is 5.35. The van der Waals surface area contributed by atoms with Crippen molar-refractivity contribution < 1.29 is 22.3 Å². The van der Waals surface area contributed by atoms with E-state index in [0.29, 0.717) is 18.7 Å². The smallest absolute Gasteiger partial charge is 0.264 e. The van der Waals surface area contributed by atoms with Gasteiger partial charge in [-0.25, -0.2) is 12.8 Å². The normalized spacial score (nSPS) is 13.1. The number of sulfonamides is 1. The van der Waals surface area contributed by atoms with Crippen LogP contribution < -0.4 is 13.9 Å². The number of amides is 1. The number of ether oxygens (including phenoxy) is 1. The lowest BCUT2D eigenvalue weighted by Gasteiger charge is -2.22. The average molecular weight is 440 g/mol. The standard InChI is InChI=1S/C23H21FN2O4S/c1-25(21-10-6-4-8-19(21)24)23(27)18-15-17(11-12-22(18)30-2)31(28,29)26-14-13-16-7-3-5-9-20(16)26/h3-12,15H,13-14H2,1-2H3. The number of benzene rings is 3. The maximum atomic E-state index is 14.2. The lowest BCUT2D eigenvalue weighted by molar-refractivity contribution is 0.0989. The van der Waals surface area contributed by atoms with Crippen LogP contribution in [0, 0.1) is 5.82 Å². The number of fused-ring (bicyclic) bond motifs is 1. The summed E-state index contributed by atoms with van der Waals surface area (Å²) in [5.41, 5.74) is 1.70. The van der Waals surface area contributed by atoms with Crippen molar-refractivity contribution in [1.82, 2.24) is 0 Å². The molecule has 0 bridgehead atoms. The van der Waals surface area contributed by atoms with Crippen LogP contribution in [0.5, 0.6) is 5.75 Å². The molecule has 0 aliphatic carbocycles. The summed E-state index contributed by atoms with van der Waals surface area (Å²) in [7, 11) is -1.08. The highest BCUT2D eigenvalue weighted by molar-refractivity contribution is 7.92. The topological polar surface area (TPSA) is 66.9 Å². The van der Waals surface area contributed by atoms with Gasteiger partial charge in [0.2, 0.25) is 0 Å². The summed E-state index contributed by atoms with van der Waals surface area (Å²) >= 11 is 0. The van der Waals surface area contributed by atoms with E-state index in [0.717, 1.165) is 10.5 Å². The summed E-state index contributed by atoms with van der Waals surface area (Å²) in [4.78, 5) is 14.2. The molecule has 1 amide bonds. The van der Waals surface area contributed by atoms with Gasteiger partial charge in [-0.05, 0) is 48.4 Å². The predicted molar refractivity (Wildman–Crippen MR) is 117 cm³/mol. The lowest BCUT2D eigenvalue weighted by Crippen LogP contribution is -2.30. The van der Waals surface area contributed by atoms with Crippen LogP contribution in [0.15, 0.2) is 71.6 Å². The van der Waals surface area contributed by atoms with Crippen LogP contribution in [0.2, 0.25) is 0 Å². The molecule has 3 aromatic carbocycles. The first-order valence-electron chi connectivity index (χ1n) is 9.66. The maximum absolute atomic E-state index is 14.2. The van der Waals surface area contributed by atoms with Crippen LogP contribution in [0.1, 0.15) is 15.9 Å². The van der Waals surface area contributed by atoms with Gasteiger partial charge in [-0.3, -0.25) is 9.10 Å². The summed E-state index contributed by atoms with van der Waals surface area (Å²) in [6, 6.07) is 17.3. The molecule has 4 rings (SSSR count). The van der Waals surface area contributed by atoms with E-state index in [2.05, 4.69) is 0 Å². The van der Waals surface area contributed by atoms with E-state index in [9.17, 15) is 17.6 Å². The van der Waals surface area contributed by atoms with E-state index in [-0.39, 0.29) is 21.9 Å². The van der Waals surface area contributed by atoms with Crippen LogP contribution in [0.3, 0.4) is 0 Å².